The summed E-state index contributed by atoms with van der Waals surface area (Å²) in [5.74, 6) is -0.0720. The highest BCUT2D eigenvalue weighted by Crippen LogP contribution is 2.36. The number of aromatic nitrogens is 1. The molecule has 0 radical (unpaired) electrons. The third-order valence-electron chi connectivity index (χ3n) is 4.40. The molecule has 6 nitrogen and oxygen atoms in total. The predicted molar refractivity (Wildman–Crippen MR) is 121 cm³/mol. The number of para-hydroxylation sites is 1. The molecular formula is C21H25ClFN3O3S. The SMILES string of the molecule is COc1ccc(C)c2sc(N(CCN(C)C)C(=O)COc3ccccc3F)nc12.Cl. The molecular weight excluding hydrogens is 429 g/mol. The lowest BCUT2D eigenvalue weighted by molar-refractivity contribution is -0.120. The number of halogens is 2. The fourth-order valence-electron chi connectivity index (χ4n) is 2.78. The van der Waals surface area contributed by atoms with Crippen LogP contribution in [0.4, 0.5) is 9.52 Å². The molecule has 30 heavy (non-hydrogen) atoms. The third kappa shape index (κ3) is 5.38. The van der Waals surface area contributed by atoms with Gasteiger partial charge in [-0.05, 0) is 44.8 Å². The van der Waals surface area contributed by atoms with Crippen LogP contribution in [0.3, 0.4) is 0 Å². The summed E-state index contributed by atoms with van der Waals surface area (Å²) in [6.45, 7) is 2.81. The average Bonchev–Trinajstić information content (AvgIpc) is 3.13. The molecule has 3 aromatic rings. The molecule has 0 saturated carbocycles. The Balaban J connectivity index is 0.00000320. The van der Waals surface area contributed by atoms with Crippen molar-refractivity contribution in [2.45, 2.75) is 6.92 Å². The van der Waals surface area contributed by atoms with E-state index in [1.54, 1.807) is 24.1 Å². The van der Waals surface area contributed by atoms with Crippen LogP contribution in [0.25, 0.3) is 10.2 Å². The Labute approximate surface area is 185 Å². The normalized spacial score (nSPS) is 10.7. The van der Waals surface area contributed by atoms with Gasteiger partial charge in [-0.2, -0.15) is 0 Å². The number of hydrogen-bond donors (Lipinski definition) is 0. The summed E-state index contributed by atoms with van der Waals surface area (Å²) >= 11 is 1.43. The monoisotopic (exact) mass is 453 g/mol. The van der Waals surface area contributed by atoms with Gasteiger partial charge in [0.15, 0.2) is 23.3 Å². The van der Waals surface area contributed by atoms with E-state index in [1.165, 1.54) is 23.5 Å². The van der Waals surface area contributed by atoms with Gasteiger partial charge in [0, 0.05) is 13.1 Å². The number of amides is 1. The minimum Gasteiger partial charge on any atom is -0.494 e. The predicted octanol–water partition coefficient (Wildman–Crippen LogP) is 4.15. The van der Waals surface area contributed by atoms with Crippen molar-refractivity contribution in [2.24, 2.45) is 0 Å². The van der Waals surface area contributed by atoms with Crippen molar-refractivity contribution in [1.82, 2.24) is 9.88 Å². The number of anilines is 1. The Bertz CT molecular complexity index is 1010. The fourth-order valence-corrected chi connectivity index (χ4v) is 3.88. The van der Waals surface area contributed by atoms with Gasteiger partial charge in [0.2, 0.25) is 0 Å². The summed E-state index contributed by atoms with van der Waals surface area (Å²) in [6.07, 6.45) is 0. The first-order valence-electron chi connectivity index (χ1n) is 9.17. The second kappa shape index (κ2) is 10.6. The summed E-state index contributed by atoms with van der Waals surface area (Å²) in [4.78, 5) is 21.2. The van der Waals surface area contributed by atoms with E-state index in [-0.39, 0.29) is 30.7 Å². The zero-order chi connectivity index (χ0) is 21.0. The Morgan fingerprint density at radius 1 is 1.13 bits per heavy atom. The van der Waals surface area contributed by atoms with E-state index in [0.717, 1.165) is 15.8 Å². The molecule has 1 aromatic heterocycles. The van der Waals surface area contributed by atoms with Gasteiger partial charge in [-0.1, -0.05) is 29.5 Å². The maximum atomic E-state index is 13.8. The van der Waals surface area contributed by atoms with Crippen molar-refractivity contribution >= 4 is 45.0 Å². The number of thiazole rings is 1. The lowest BCUT2D eigenvalue weighted by atomic mass is 10.2. The van der Waals surface area contributed by atoms with Gasteiger partial charge in [-0.25, -0.2) is 9.37 Å². The number of nitrogens with zero attached hydrogens (tertiary/aromatic N) is 3. The summed E-state index contributed by atoms with van der Waals surface area (Å²) < 4.78 is 25.6. The van der Waals surface area contributed by atoms with Crippen molar-refractivity contribution in [2.75, 3.05) is 45.8 Å². The lowest BCUT2D eigenvalue weighted by Gasteiger charge is -2.22. The van der Waals surface area contributed by atoms with E-state index in [0.29, 0.717) is 24.0 Å². The van der Waals surface area contributed by atoms with E-state index in [2.05, 4.69) is 4.98 Å². The topological polar surface area (TPSA) is 54.9 Å². The quantitative estimate of drug-likeness (QED) is 0.513. The zero-order valence-corrected chi connectivity index (χ0v) is 19.0. The summed E-state index contributed by atoms with van der Waals surface area (Å²) in [5, 5.41) is 0.566. The van der Waals surface area contributed by atoms with E-state index in [1.807, 2.05) is 38.1 Å². The van der Waals surface area contributed by atoms with Crippen molar-refractivity contribution in [3.63, 3.8) is 0 Å². The highest BCUT2D eigenvalue weighted by atomic mass is 35.5. The molecule has 0 aliphatic rings. The second-order valence-corrected chi connectivity index (χ2v) is 7.80. The molecule has 0 saturated heterocycles. The standard InChI is InChI=1S/C21H24FN3O3S.ClH/c1-14-9-10-17(27-4)19-20(14)29-21(23-19)25(12-11-24(2)3)18(26)13-28-16-8-6-5-7-15(16)22;/h5-10H,11-13H2,1-4H3;1H. The maximum Gasteiger partial charge on any atom is 0.266 e. The van der Waals surface area contributed by atoms with Crippen molar-refractivity contribution in [3.05, 3.63) is 47.8 Å². The molecule has 0 N–H and O–H groups in total. The molecule has 0 aliphatic heterocycles. The smallest absolute Gasteiger partial charge is 0.266 e. The van der Waals surface area contributed by atoms with E-state index >= 15 is 0 Å². The molecule has 2 aromatic carbocycles. The molecule has 1 amide bonds. The molecule has 0 fully saturated rings. The van der Waals surface area contributed by atoms with Crippen LogP contribution in [-0.2, 0) is 4.79 Å². The third-order valence-corrected chi connectivity index (χ3v) is 5.62. The number of hydrogen-bond acceptors (Lipinski definition) is 6. The van der Waals surface area contributed by atoms with E-state index in [9.17, 15) is 9.18 Å². The molecule has 0 spiro atoms. The van der Waals surface area contributed by atoms with Crippen LogP contribution in [0.5, 0.6) is 11.5 Å². The number of likely N-dealkylation sites (N-methyl/N-ethyl adjacent to an activating group) is 1. The van der Waals surface area contributed by atoms with Crippen molar-refractivity contribution in [3.8, 4) is 11.5 Å². The number of ether oxygens (including phenoxy) is 2. The number of methoxy groups -OCH3 is 1. The van der Waals surface area contributed by atoms with Crippen molar-refractivity contribution < 1.29 is 18.7 Å². The summed E-state index contributed by atoms with van der Waals surface area (Å²) in [5.41, 5.74) is 1.79. The number of carbonyl (C=O) groups is 1. The van der Waals surface area contributed by atoms with E-state index < -0.39 is 5.82 Å². The first-order chi connectivity index (χ1) is 13.9. The number of aryl methyl sites for hydroxylation is 1. The highest BCUT2D eigenvalue weighted by molar-refractivity contribution is 7.22. The Morgan fingerprint density at radius 3 is 2.53 bits per heavy atom. The molecule has 162 valence electrons. The minimum atomic E-state index is -0.500. The van der Waals surface area contributed by atoms with E-state index in [4.69, 9.17) is 9.47 Å². The van der Waals surface area contributed by atoms with Crippen LogP contribution < -0.4 is 14.4 Å². The van der Waals surface area contributed by atoms with Gasteiger partial charge in [0.1, 0.15) is 11.3 Å². The van der Waals surface area contributed by atoms with Gasteiger partial charge in [-0.3, -0.25) is 9.69 Å². The molecule has 0 atom stereocenters. The zero-order valence-electron chi connectivity index (χ0n) is 17.3. The molecule has 9 heteroatoms. The lowest BCUT2D eigenvalue weighted by Crippen LogP contribution is -2.39. The van der Waals surface area contributed by atoms with Crippen LogP contribution >= 0.6 is 23.7 Å². The Morgan fingerprint density at radius 2 is 1.87 bits per heavy atom. The summed E-state index contributed by atoms with van der Waals surface area (Å²) in [6, 6.07) is 9.87. The summed E-state index contributed by atoms with van der Waals surface area (Å²) in [7, 11) is 5.47. The van der Waals surface area contributed by atoms with Gasteiger partial charge in [-0.15, -0.1) is 12.4 Å². The van der Waals surface area contributed by atoms with Crippen LogP contribution in [0.1, 0.15) is 5.56 Å². The van der Waals surface area contributed by atoms with Crippen LogP contribution in [0.2, 0.25) is 0 Å². The van der Waals surface area contributed by atoms with Crippen LogP contribution in [0, 0.1) is 12.7 Å². The Hall–Kier alpha value is -2.42. The number of fused-ring (bicyclic) bond motifs is 1. The van der Waals surface area contributed by atoms with Gasteiger partial charge >= 0.3 is 0 Å². The average molecular weight is 454 g/mol. The fraction of sp³-hybridized carbons (Fsp3) is 0.333. The molecule has 3 rings (SSSR count). The molecule has 0 unspecified atom stereocenters. The largest absolute Gasteiger partial charge is 0.494 e. The molecule has 0 aliphatic carbocycles. The van der Waals surface area contributed by atoms with Gasteiger partial charge < -0.3 is 14.4 Å². The second-order valence-electron chi connectivity index (χ2n) is 6.83. The number of carbonyl (C=O) groups excluding carboxylic acids is 1. The van der Waals surface area contributed by atoms with Crippen LogP contribution in [0.15, 0.2) is 36.4 Å². The minimum absolute atomic E-state index is 0. The first-order valence-corrected chi connectivity index (χ1v) is 9.99. The number of rotatable bonds is 8. The van der Waals surface area contributed by atoms with Crippen molar-refractivity contribution in [1.29, 1.82) is 0 Å². The highest BCUT2D eigenvalue weighted by Gasteiger charge is 2.22. The Kier molecular flexibility index (Phi) is 8.40. The molecule has 0 bridgehead atoms. The first kappa shape index (κ1) is 23.9. The van der Waals surface area contributed by atoms with Crippen LogP contribution in [-0.4, -0.2) is 56.7 Å². The molecule has 1 heterocycles. The maximum absolute atomic E-state index is 13.8. The number of benzene rings is 2. The van der Waals surface area contributed by atoms with Gasteiger partial charge in [0.25, 0.3) is 5.91 Å². The van der Waals surface area contributed by atoms with Gasteiger partial charge in [0.05, 0.1) is 11.8 Å².